The Kier molecular flexibility index (Phi) is 5.32. The van der Waals surface area contributed by atoms with Gasteiger partial charge in [-0.05, 0) is 74.5 Å². The van der Waals surface area contributed by atoms with E-state index in [9.17, 15) is 17.6 Å². The maximum atomic E-state index is 14.8. The lowest BCUT2D eigenvalue weighted by atomic mass is 9.69. The Labute approximate surface area is 162 Å². The van der Waals surface area contributed by atoms with E-state index in [1.165, 1.54) is 37.8 Å². The molecule has 0 atom stereocenters. The fourth-order valence-electron chi connectivity index (χ4n) is 5.00. The molecule has 4 rings (SSSR count). The molecule has 1 aliphatic heterocycles. The number of allylic oxidation sites excluding steroid dienone is 1. The first-order chi connectivity index (χ1) is 13.3. The zero-order valence-electron chi connectivity index (χ0n) is 16.0. The molecule has 0 N–H and O–H groups in total. The van der Waals surface area contributed by atoms with Gasteiger partial charge in [0.15, 0.2) is 17.3 Å². The highest BCUT2D eigenvalue weighted by Crippen LogP contribution is 2.46. The molecule has 1 aromatic rings. The lowest BCUT2D eigenvalue weighted by molar-refractivity contribution is -0.286. The van der Waals surface area contributed by atoms with Crippen molar-refractivity contribution in [3.63, 3.8) is 0 Å². The third kappa shape index (κ3) is 4.01. The fourth-order valence-corrected chi connectivity index (χ4v) is 5.00. The standard InChI is InChI=1S/C22H26F4O2/c1-13-2-4-14(5-3-13)15-6-8-16(9-7-15)20(23)21(24)17-10-11-18-19(12-17)28-22(25,26)27-18/h10-16H,2-9H2,1H3/b21-20+. The predicted molar refractivity (Wildman–Crippen MR) is 98.4 cm³/mol. The van der Waals surface area contributed by atoms with E-state index in [2.05, 4.69) is 16.4 Å². The minimum absolute atomic E-state index is 0.0964. The summed E-state index contributed by atoms with van der Waals surface area (Å²) in [6.07, 6.45) is 4.42. The molecule has 2 nitrogen and oxygen atoms in total. The van der Waals surface area contributed by atoms with Gasteiger partial charge in [0.05, 0.1) is 0 Å². The van der Waals surface area contributed by atoms with Crippen molar-refractivity contribution in [2.24, 2.45) is 23.7 Å². The molecule has 0 spiro atoms. The van der Waals surface area contributed by atoms with Crippen molar-refractivity contribution in [1.29, 1.82) is 0 Å². The molecule has 3 aliphatic rings. The monoisotopic (exact) mass is 398 g/mol. The van der Waals surface area contributed by atoms with E-state index in [4.69, 9.17) is 0 Å². The molecule has 154 valence electrons. The highest BCUT2D eigenvalue weighted by molar-refractivity contribution is 5.65. The molecule has 2 fully saturated rings. The first-order valence-electron chi connectivity index (χ1n) is 10.3. The number of hydrogen-bond donors (Lipinski definition) is 0. The number of rotatable bonds is 3. The maximum Gasteiger partial charge on any atom is 0.586 e. The van der Waals surface area contributed by atoms with Crippen molar-refractivity contribution in [3.8, 4) is 11.5 Å². The van der Waals surface area contributed by atoms with Gasteiger partial charge in [0.25, 0.3) is 0 Å². The molecule has 2 saturated carbocycles. The van der Waals surface area contributed by atoms with E-state index < -0.39 is 23.9 Å². The van der Waals surface area contributed by atoms with Crippen LogP contribution in [-0.4, -0.2) is 6.29 Å². The Bertz CT molecular complexity index is 745. The second-order valence-corrected chi connectivity index (χ2v) is 8.62. The molecule has 2 aliphatic carbocycles. The molecule has 0 radical (unpaired) electrons. The molecule has 0 unspecified atom stereocenters. The molecule has 0 saturated heterocycles. The predicted octanol–water partition coefficient (Wildman–Crippen LogP) is 7.25. The van der Waals surface area contributed by atoms with Crippen LogP contribution in [0.15, 0.2) is 24.0 Å². The van der Waals surface area contributed by atoms with E-state index in [1.807, 2.05) is 0 Å². The van der Waals surface area contributed by atoms with Crippen LogP contribution in [0.5, 0.6) is 11.5 Å². The van der Waals surface area contributed by atoms with Crippen LogP contribution < -0.4 is 9.47 Å². The Morgan fingerprint density at radius 3 is 2.07 bits per heavy atom. The summed E-state index contributed by atoms with van der Waals surface area (Å²) < 4.78 is 64.3. The number of alkyl halides is 2. The molecule has 28 heavy (non-hydrogen) atoms. The van der Waals surface area contributed by atoms with Gasteiger partial charge in [0.1, 0.15) is 5.83 Å². The van der Waals surface area contributed by atoms with E-state index in [0.29, 0.717) is 18.8 Å². The maximum absolute atomic E-state index is 14.8. The van der Waals surface area contributed by atoms with E-state index in [1.54, 1.807) is 0 Å². The van der Waals surface area contributed by atoms with Gasteiger partial charge in [-0.15, -0.1) is 8.78 Å². The second-order valence-electron chi connectivity index (χ2n) is 8.62. The quantitative estimate of drug-likeness (QED) is 0.499. The van der Waals surface area contributed by atoms with Crippen LogP contribution >= 0.6 is 0 Å². The highest BCUT2D eigenvalue weighted by Gasteiger charge is 2.43. The van der Waals surface area contributed by atoms with Crippen molar-refractivity contribution in [1.82, 2.24) is 0 Å². The molecule has 0 bridgehead atoms. The van der Waals surface area contributed by atoms with Crippen LogP contribution in [0.2, 0.25) is 0 Å². The van der Waals surface area contributed by atoms with Crippen molar-refractivity contribution in [3.05, 3.63) is 29.6 Å². The third-order valence-electron chi connectivity index (χ3n) is 6.72. The summed E-state index contributed by atoms with van der Waals surface area (Å²) in [6.45, 7) is 2.30. The third-order valence-corrected chi connectivity index (χ3v) is 6.72. The second kappa shape index (κ2) is 7.60. The summed E-state index contributed by atoms with van der Waals surface area (Å²) in [5.41, 5.74) is -0.0964. The average molecular weight is 398 g/mol. The van der Waals surface area contributed by atoms with Gasteiger partial charge >= 0.3 is 6.29 Å². The van der Waals surface area contributed by atoms with Crippen molar-refractivity contribution >= 4 is 5.83 Å². The van der Waals surface area contributed by atoms with Gasteiger partial charge in [-0.1, -0.05) is 19.8 Å². The van der Waals surface area contributed by atoms with Crippen LogP contribution in [0.4, 0.5) is 17.6 Å². The molecule has 1 heterocycles. The Hall–Kier alpha value is -1.72. The van der Waals surface area contributed by atoms with Crippen LogP contribution in [0.1, 0.15) is 63.9 Å². The minimum atomic E-state index is -3.77. The zero-order chi connectivity index (χ0) is 19.9. The van der Waals surface area contributed by atoms with Gasteiger partial charge in [0.2, 0.25) is 0 Å². The summed E-state index contributed by atoms with van der Waals surface area (Å²) in [7, 11) is 0. The lowest BCUT2D eigenvalue weighted by Crippen LogP contribution is -2.25. The van der Waals surface area contributed by atoms with E-state index >= 15 is 0 Å². The summed E-state index contributed by atoms with van der Waals surface area (Å²) in [6, 6.07) is 3.49. The van der Waals surface area contributed by atoms with Crippen LogP contribution in [0, 0.1) is 23.7 Å². The van der Waals surface area contributed by atoms with E-state index in [0.717, 1.165) is 30.7 Å². The summed E-state index contributed by atoms with van der Waals surface area (Å²) >= 11 is 0. The topological polar surface area (TPSA) is 18.5 Å². The van der Waals surface area contributed by atoms with E-state index in [-0.39, 0.29) is 17.1 Å². The fraction of sp³-hybridized carbons (Fsp3) is 0.636. The first-order valence-corrected chi connectivity index (χ1v) is 10.3. The van der Waals surface area contributed by atoms with Gasteiger partial charge < -0.3 is 9.47 Å². The summed E-state index contributed by atoms with van der Waals surface area (Å²) in [5, 5.41) is 0. The molecule has 0 aromatic heterocycles. The average Bonchev–Trinajstić information content (AvgIpc) is 3.00. The number of fused-ring (bicyclic) bond motifs is 1. The van der Waals surface area contributed by atoms with Crippen LogP contribution in [-0.2, 0) is 0 Å². The largest absolute Gasteiger partial charge is 0.586 e. The number of ether oxygens (including phenoxy) is 2. The molecule has 0 amide bonds. The zero-order valence-corrected chi connectivity index (χ0v) is 16.0. The lowest BCUT2D eigenvalue weighted by Gasteiger charge is -2.37. The van der Waals surface area contributed by atoms with Crippen LogP contribution in [0.25, 0.3) is 5.83 Å². The molecular formula is C22H26F4O2. The van der Waals surface area contributed by atoms with Gasteiger partial charge in [-0.2, -0.15) is 0 Å². The Morgan fingerprint density at radius 1 is 0.857 bits per heavy atom. The number of halogens is 4. The molecule has 6 heteroatoms. The van der Waals surface area contributed by atoms with Gasteiger partial charge in [0, 0.05) is 11.5 Å². The van der Waals surface area contributed by atoms with Crippen LogP contribution in [0.3, 0.4) is 0 Å². The summed E-state index contributed by atoms with van der Waals surface area (Å²) in [4.78, 5) is 0. The number of benzene rings is 1. The smallest absolute Gasteiger partial charge is 0.395 e. The Morgan fingerprint density at radius 2 is 1.43 bits per heavy atom. The first kappa shape index (κ1) is 19.6. The Balaban J connectivity index is 1.40. The normalized spacial score (nSPS) is 32.8. The molecule has 1 aromatic carbocycles. The highest BCUT2D eigenvalue weighted by atomic mass is 19.3. The summed E-state index contributed by atoms with van der Waals surface area (Å²) in [5.74, 6) is -0.505. The van der Waals surface area contributed by atoms with Crippen molar-refractivity contribution < 1.29 is 27.0 Å². The number of hydrogen-bond acceptors (Lipinski definition) is 2. The van der Waals surface area contributed by atoms with Gasteiger partial charge in [-0.25, -0.2) is 8.78 Å². The van der Waals surface area contributed by atoms with Crippen molar-refractivity contribution in [2.75, 3.05) is 0 Å². The van der Waals surface area contributed by atoms with Gasteiger partial charge in [-0.3, -0.25) is 0 Å². The molecular weight excluding hydrogens is 372 g/mol. The SMILES string of the molecule is CC1CCC(C2CCC(/C(F)=C(\F)c3ccc4c(c3)OC(F)(F)O4)CC2)CC1. The minimum Gasteiger partial charge on any atom is -0.395 e. The van der Waals surface area contributed by atoms with Crippen molar-refractivity contribution in [2.45, 2.75) is 64.6 Å².